The molecule has 72 valence electrons. The molecule has 3 nitrogen and oxygen atoms in total. The summed E-state index contributed by atoms with van der Waals surface area (Å²) < 4.78 is 0. The van der Waals surface area contributed by atoms with Gasteiger partial charge in [-0.1, -0.05) is 42.5 Å². The van der Waals surface area contributed by atoms with Gasteiger partial charge in [-0.05, 0) is 6.92 Å². The normalized spacial score (nSPS) is 8.08. The second-order valence-electron chi connectivity index (χ2n) is 1.99. The molecule has 3 heteroatoms. The lowest BCUT2D eigenvalue weighted by Gasteiger charge is -1.69. The highest BCUT2D eigenvalue weighted by Gasteiger charge is 1.76. The molecular weight excluding hydrogens is 168 g/mol. The summed E-state index contributed by atoms with van der Waals surface area (Å²) in [6.45, 7) is 1.66. The van der Waals surface area contributed by atoms with Crippen molar-refractivity contribution in [2.24, 2.45) is 0 Å². The van der Waals surface area contributed by atoms with Crippen LogP contribution >= 0.6 is 0 Å². The van der Waals surface area contributed by atoms with Gasteiger partial charge in [0.05, 0.1) is 0 Å². The van der Waals surface area contributed by atoms with E-state index in [-0.39, 0.29) is 5.48 Å². The summed E-state index contributed by atoms with van der Waals surface area (Å²) in [7, 11) is 0. The van der Waals surface area contributed by atoms with Crippen molar-refractivity contribution in [2.45, 2.75) is 6.92 Å². The van der Waals surface area contributed by atoms with Crippen LogP contribution in [0.4, 0.5) is 0 Å². The Hall–Kier alpha value is -1.61. The van der Waals surface area contributed by atoms with Crippen LogP contribution in [0.15, 0.2) is 48.6 Å². The van der Waals surface area contributed by atoms with E-state index in [1.165, 1.54) is 6.08 Å². The third-order valence-corrected chi connectivity index (χ3v) is 0.976. The fourth-order valence-electron chi connectivity index (χ4n) is 0.527. The van der Waals surface area contributed by atoms with Crippen molar-refractivity contribution >= 4 is 5.97 Å². The van der Waals surface area contributed by atoms with Crippen LogP contribution < -0.4 is 0 Å². The molecule has 0 heterocycles. The van der Waals surface area contributed by atoms with E-state index in [0.29, 0.717) is 0 Å². The predicted molar refractivity (Wildman–Crippen MR) is 52.5 cm³/mol. The van der Waals surface area contributed by atoms with E-state index < -0.39 is 5.97 Å². The Kier molecular flexibility index (Phi) is 11.1. The molecule has 0 spiro atoms. The maximum atomic E-state index is 9.51. The number of benzene rings is 1. The lowest BCUT2D eigenvalue weighted by atomic mass is 10.4. The van der Waals surface area contributed by atoms with Gasteiger partial charge in [0.15, 0.2) is 0 Å². The molecule has 0 atom stereocenters. The van der Waals surface area contributed by atoms with Crippen LogP contribution in [-0.4, -0.2) is 16.6 Å². The van der Waals surface area contributed by atoms with Gasteiger partial charge in [0.2, 0.25) is 0 Å². The average molecular weight is 182 g/mol. The van der Waals surface area contributed by atoms with E-state index in [2.05, 4.69) is 0 Å². The summed E-state index contributed by atoms with van der Waals surface area (Å²) >= 11 is 0. The van der Waals surface area contributed by atoms with Crippen molar-refractivity contribution in [3.63, 3.8) is 0 Å². The standard InChI is InChI=1S/C6H6.C4H6O2.H2O/c1-2-4-6-5-3-1;1-2-3-4(5)6;/h1-6H;2-3H,1H3,(H,5,6);1H2. The van der Waals surface area contributed by atoms with Crippen molar-refractivity contribution in [3.05, 3.63) is 48.6 Å². The van der Waals surface area contributed by atoms with Crippen LogP contribution in [0.2, 0.25) is 0 Å². The summed E-state index contributed by atoms with van der Waals surface area (Å²) in [5.41, 5.74) is 0. The molecule has 0 fully saturated rings. The van der Waals surface area contributed by atoms with E-state index >= 15 is 0 Å². The largest absolute Gasteiger partial charge is 0.478 e. The monoisotopic (exact) mass is 182 g/mol. The Morgan fingerprint density at radius 3 is 1.46 bits per heavy atom. The van der Waals surface area contributed by atoms with E-state index in [9.17, 15) is 4.79 Å². The Morgan fingerprint density at radius 2 is 1.38 bits per heavy atom. The average Bonchev–Trinajstić information content (AvgIpc) is 2.08. The highest BCUT2D eigenvalue weighted by Crippen LogP contribution is 1.79. The Labute approximate surface area is 77.6 Å². The number of hydrogen-bond acceptors (Lipinski definition) is 1. The van der Waals surface area contributed by atoms with E-state index in [1.54, 1.807) is 6.92 Å². The number of allylic oxidation sites excluding steroid dienone is 1. The highest BCUT2D eigenvalue weighted by atomic mass is 16.4. The van der Waals surface area contributed by atoms with Crippen molar-refractivity contribution < 1.29 is 15.4 Å². The summed E-state index contributed by atoms with van der Waals surface area (Å²) in [6, 6.07) is 12.0. The minimum absolute atomic E-state index is 0. The van der Waals surface area contributed by atoms with E-state index in [1.807, 2.05) is 36.4 Å². The van der Waals surface area contributed by atoms with Crippen LogP contribution in [0, 0.1) is 0 Å². The third kappa shape index (κ3) is 13.4. The van der Waals surface area contributed by atoms with Crippen LogP contribution in [0.1, 0.15) is 6.92 Å². The molecule has 13 heavy (non-hydrogen) atoms. The van der Waals surface area contributed by atoms with Gasteiger partial charge in [-0.15, -0.1) is 0 Å². The molecule has 0 aliphatic carbocycles. The quantitative estimate of drug-likeness (QED) is 0.669. The van der Waals surface area contributed by atoms with Gasteiger partial charge in [-0.25, -0.2) is 4.79 Å². The molecule has 0 saturated heterocycles. The first-order valence-corrected chi connectivity index (χ1v) is 3.63. The van der Waals surface area contributed by atoms with Crippen LogP contribution in [0.3, 0.4) is 0 Å². The van der Waals surface area contributed by atoms with Gasteiger partial charge < -0.3 is 10.6 Å². The fourth-order valence-corrected chi connectivity index (χ4v) is 0.527. The molecule has 0 saturated carbocycles. The zero-order valence-corrected chi connectivity index (χ0v) is 7.47. The summed E-state index contributed by atoms with van der Waals surface area (Å²) in [5, 5.41) is 7.83. The van der Waals surface area contributed by atoms with Crippen molar-refractivity contribution in [2.75, 3.05) is 0 Å². The number of carboxylic acids is 1. The smallest absolute Gasteiger partial charge is 0.327 e. The molecule has 0 aliphatic rings. The maximum Gasteiger partial charge on any atom is 0.327 e. The van der Waals surface area contributed by atoms with E-state index in [0.717, 1.165) is 6.08 Å². The first-order valence-electron chi connectivity index (χ1n) is 3.63. The van der Waals surface area contributed by atoms with E-state index in [4.69, 9.17) is 5.11 Å². The fraction of sp³-hybridized carbons (Fsp3) is 0.100. The molecule has 3 N–H and O–H groups in total. The van der Waals surface area contributed by atoms with Gasteiger partial charge in [0.25, 0.3) is 0 Å². The molecule has 0 unspecified atom stereocenters. The molecule has 1 aromatic carbocycles. The van der Waals surface area contributed by atoms with Gasteiger partial charge in [-0.2, -0.15) is 0 Å². The minimum Gasteiger partial charge on any atom is -0.478 e. The highest BCUT2D eigenvalue weighted by molar-refractivity contribution is 5.79. The Bertz CT molecular complexity index is 202. The Morgan fingerprint density at radius 1 is 1.08 bits per heavy atom. The van der Waals surface area contributed by atoms with Crippen LogP contribution in [-0.2, 0) is 4.79 Å². The molecule has 1 aromatic rings. The lowest BCUT2D eigenvalue weighted by Crippen LogP contribution is -1.83. The van der Waals surface area contributed by atoms with Crippen molar-refractivity contribution in [1.29, 1.82) is 0 Å². The third-order valence-electron chi connectivity index (χ3n) is 0.976. The number of carboxylic acid groups (broad SMARTS) is 1. The first-order chi connectivity index (χ1) is 5.77. The summed E-state index contributed by atoms with van der Waals surface area (Å²) in [6.07, 6.45) is 2.56. The SMILES string of the molecule is CC=CC(=O)O.O.c1ccccc1. The zero-order valence-electron chi connectivity index (χ0n) is 7.47. The molecule has 0 aliphatic heterocycles. The first kappa shape index (κ1) is 13.9. The van der Waals surface area contributed by atoms with Gasteiger partial charge in [0.1, 0.15) is 0 Å². The van der Waals surface area contributed by atoms with Crippen LogP contribution in [0.5, 0.6) is 0 Å². The zero-order chi connectivity index (χ0) is 9.23. The molecule has 1 rings (SSSR count). The van der Waals surface area contributed by atoms with Crippen molar-refractivity contribution in [3.8, 4) is 0 Å². The molecule has 0 radical (unpaired) electrons. The topological polar surface area (TPSA) is 68.8 Å². The summed E-state index contributed by atoms with van der Waals surface area (Å²) in [4.78, 5) is 9.51. The Balaban J connectivity index is 0. The lowest BCUT2D eigenvalue weighted by molar-refractivity contribution is -0.131. The van der Waals surface area contributed by atoms with Crippen molar-refractivity contribution in [1.82, 2.24) is 0 Å². The number of rotatable bonds is 1. The summed E-state index contributed by atoms with van der Waals surface area (Å²) in [5.74, 6) is -0.891. The molecule has 0 aromatic heterocycles. The maximum absolute atomic E-state index is 9.51. The number of carbonyl (C=O) groups is 1. The molecule has 0 amide bonds. The second-order valence-corrected chi connectivity index (χ2v) is 1.99. The number of aliphatic carboxylic acids is 1. The van der Waals surface area contributed by atoms with Gasteiger partial charge in [0, 0.05) is 6.08 Å². The van der Waals surface area contributed by atoms with Crippen LogP contribution in [0.25, 0.3) is 0 Å². The van der Waals surface area contributed by atoms with Gasteiger partial charge in [-0.3, -0.25) is 0 Å². The van der Waals surface area contributed by atoms with Gasteiger partial charge >= 0.3 is 5.97 Å². The second kappa shape index (κ2) is 10.4. The minimum atomic E-state index is -0.891. The number of hydrogen-bond donors (Lipinski definition) is 1. The molecular formula is C10H14O3. The molecule has 0 bridgehead atoms. The predicted octanol–water partition coefficient (Wildman–Crippen LogP) is 1.51.